The summed E-state index contributed by atoms with van der Waals surface area (Å²) in [6.45, 7) is 3.43. The van der Waals surface area contributed by atoms with E-state index >= 15 is 0 Å². The molecule has 2 aromatic carbocycles. The predicted octanol–water partition coefficient (Wildman–Crippen LogP) is 3.72. The van der Waals surface area contributed by atoms with Gasteiger partial charge in [0, 0.05) is 6.42 Å². The first kappa shape index (κ1) is 13.7. The van der Waals surface area contributed by atoms with Crippen molar-refractivity contribution >= 4 is 0 Å². The highest BCUT2D eigenvalue weighted by atomic mass is 19.1. The molecule has 2 aromatic rings. The molecule has 0 fully saturated rings. The number of halogens is 2. The van der Waals surface area contributed by atoms with Crippen LogP contribution in [0.3, 0.4) is 0 Å². The van der Waals surface area contributed by atoms with Gasteiger partial charge < -0.3 is 5.11 Å². The van der Waals surface area contributed by atoms with Gasteiger partial charge in [-0.25, -0.2) is 8.78 Å². The van der Waals surface area contributed by atoms with Crippen molar-refractivity contribution in [1.29, 1.82) is 0 Å². The lowest BCUT2D eigenvalue weighted by molar-refractivity contribution is 0.0566. The van der Waals surface area contributed by atoms with Gasteiger partial charge in [-0.1, -0.05) is 18.2 Å². The van der Waals surface area contributed by atoms with Crippen LogP contribution in [0.15, 0.2) is 42.5 Å². The van der Waals surface area contributed by atoms with Crippen LogP contribution in [0.2, 0.25) is 0 Å². The van der Waals surface area contributed by atoms with Crippen molar-refractivity contribution in [2.75, 3.05) is 0 Å². The third-order valence-electron chi connectivity index (χ3n) is 3.22. The van der Waals surface area contributed by atoms with Gasteiger partial charge in [-0.15, -0.1) is 0 Å². The van der Waals surface area contributed by atoms with Crippen LogP contribution in [0, 0.1) is 18.6 Å². The maximum absolute atomic E-state index is 13.3. The quantitative estimate of drug-likeness (QED) is 0.893. The van der Waals surface area contributed by atoms with E-state index < -0.39 is 5.60 Å². The molecule has 2 rings (SSSR count). The Labute approximate surface area is 111 Å². The normalized spacial score (nSPS) is 14.2. The van der Waals surface area contributed by atoms with E-state index in [1.165, 1.54) is 24.3 Å². The van der Waals surface area contributed by atoms with E-state index in [4.69, 9.17) is 0 Å². The lowest BCUT2D eigenvalue weighted by atomic mass is 9.86. The van der Waals surface area contributed by atoms with Gasteiger partial charge in [0.2, 0.25) is 0 Å². The van der Waals surface area contributed by atoms with Crippen molar-refractivity contribution in [3.05, 3.63) is 70.8 Å². The van der Waals surface area contributed by atoms with E-state index in [2.05, 4.69) is 0 Å². The average Bonchev–Trinajstić information content (AvgIpc) is 2.31. The maximum Gasteiger partial charge on any atom is 0.123 e. The third-order valence-corrected chi connectivity index (χ3v) is 3.22. The van der Waals surface area contributed by atoms with E-state index in [1.807, 2.05) is 6.92 Å². The first-order valence-corrected chi connectivity index (χ1v) is 6.12. The van der Waals surface area contributed by atoms with Gasteiger partial charge >= 0.3 is 0 Å². The van der Waals surface area contributed by atoms with Gasteiger partial charge in [-0.05, 0) is 54.8 Å². The highest BCUT2D eigenvalue weighted by Crippen LogP contribution is 2.28. The van der Waals surface area contributed by atoms with Crippen molar-refractivity contribution in [3.63, 3.8) is 0 Å². The second kappa shape index (κ2) is 5.10. The Morgan fingerprint density at radius 2 is 1.74 bits per heavy atom. The fourth-order valence-corrected chi connectivity index (χ4v) is 2.31. The first-order chi connectivity index (χ1) is 8.88. The van der Waals surface area contributed by atoms with Crippen LogP contribution in [0.1, 0.15) is 23.6 Å². The Balaban J connectivity index is 2.34. The van der Waals surface area contributed by atoms with E-state index in [0.717, 1.165) is 5.56 Å². The molecule has 0 amide bonds. The summed E-state index contributed by atoms with van der Waals surface area (Å²) in [5, 5.41) is 10.5. The summed E-state index contributed by atoms with van der Waals surface area (Å²) in [4.78, 5) is 0. The lowest BCUT2D eigenvalue weighted by Crippen LogP contribution is -2.25. The molecule has 1 N–H and O–H groups in total. The van der Waals surface area contributed by atoms with Crippen LogP contribution in [0.5, 0.6) is 0 Å². The molecule has 0 saturated carbocycles. The topological polar surface area (TPSA) is 20.2 Å². The Kier molecular flexibility index (Phi) is 3.67. The highest BCUT2D eigenvalue weighted by molar-refractivity contribution is 5.33. The van der Waals surface area contributed by atoms with E-state index in [-0.39, 0.29) is 18.1 Å². The molecule has 0 heterocycles. The van der Waals surface area contributed by atoms with Crippen molar-refractivity contribution in [1.82, 2.24) is 0 Å². The average molecular weight is 262 g/mol. The minimum absolute atomic E-state index is 0.231. The fourth-order valence-electron chi connectivity index (χ4n) is 2.31. The van der Waals surface area contributed by atoms with Crippen molar-refractivity contribution < 1.29 is 13.9 Å². The summed E-state index contributed by atoms with van der Waals surface area (Å²) in [7, 11) is 0. The molecule has 0 aliphatic heterocycles. The standard InChI is InChI=1S/C16H16F2O/c1-11-6-7-14(18)9-15(11)16(2,19)10-12-4-3-5-13(17)8-12/h3-9,19H,10H2,1-2H3. The van der Waals surface area contributed by atoms with Crippen LogP contribution in [-0.4, -0.2) is 5.11 Å². The Hall–Kier alpha value is -1.74. The molecule has 1 nitrogen and oxygen atoms in total. The summed E-state index contributed by atoms with van der Waals surface area (Å²) in [5.74, 6) is -0.732. The van der Waals surface area contributed by atoms with E-state index in [9.17, 15) is 13.9 Å². The van der Waals surface area contributed by atoms with Gasteiger partial charge in [-0.3, -0.25) is 0 Å². The molecule has 0 aliphatic carbocycles. The monoisotopic (exact) mass is 262 g/mol. The number of rotatable bonds is 3. The molecular formula is C16H16F2O. The van der Waals surface area contributed by atoms with Gasteiger partial charge in [0.05, 0.1) is 5.60 Å². The number of aliphatic hydroxyl groups is 1. The fraction of sp³-hybridized carbons (Fsp3) is 0.250. The molecule has 1 unspecified atom stereocenters. The predicted molar refractivity (Wildman–Crippen MR) is 70.8 cm³/mol. The van der Waals surface area contributed by atoms with Crippen molar-refractivity contribution in [2.24, 2.45) is 0 Å². The zero-order valence-corrected chi connectivity index (χ0v) is 11.0. The largest absolute Gasteiger partial charge is 0.385 e. The highest BCUT2D eigenvalue weighted by Gasteiger charge is 2.26. The molecule has 1 atom stereocenters. The molecule has 0 aromatic heterocycles. The van der Waals surface area contributed by atoms with Crippen LogP contribution >= 0.6 is 0 Å². The van der Waals surface area contributed by atoms with Crippen LogP contribution in [0.25, 0.3) is 0 Å². The molecule has 3 heteroatoms. The minimum atomic E-state index is -1.24. The first-order valence-electron chi connectivity index (χ1n) is 6.12. The summed E-state index contributed by atoms with van der Waals surface area (Å²) in [6, 6.07) is 10.4. The van der Waals surface area contributed by atoms with Crippen LogP contribution in [0.4, 0.5) is 8.78 Å². The Morgan fingerprint density at radius 1 is 1.05 bits per heavy atom. The molecular weight excluding hydrogens is 246 g/mol. The molecule has 0 radical (unpaired) electrons. The number of benzene rings is 2. The maximum atomic E-state index is 13.3. The molecule has 0 aliphatic rings. The smallest absolute Gasteiger partial charge is 0.123 e. The third kappa shape index (κ3) is 3.18. The summed E-state index contributed by atoms with van der Waals surface area (Å²) in [6.07, 6.45) is 0.231. The Bertz CT molecular complexity index is 591. The summed E-state index contributed by atoms with van der Waals surface area (Å²) >= 11 is 0. The Morgan fingerprint density at radius 3 is 2.42 bits per heavy atom. The van der Waals surface area contributed by atoms with Crippen LogP contribution in [-0.2, 0) is 12.0 Å². The summed E-state index contributed by atoms with van der Waals surface area (Å²) in [5.41, 5.74) is 0.771. The van der Waals surface area contributed by atoms with Gasteiger partial charge in [0.25, 0.3) is 0 Å². The molecule has 0 saturated heterocycles. The van der Waals surface area contributed by atoms with Crippen molar-refractivity contribution in [3.8, 4) is 0 Å². The zero-order valence-electron chi connectivity index (χ0n) is 11.0. The van der Waals surface area contributed by atoms with Gasteiger partial charge in [0.1, 0.15) is 11.6 Å². The van der Waals surface area contributed by atoms with Crippen molar-refractivity contribution in [2.45, 2.75) is 25.9 Å². The van der Waals surface area contributed by atoms with Gasteiger partial charge in [0.15, 0.2) is 0 Å². The SMILES string of the molecule is Cc1ccc(F)cc1C(C)(O)Cc1cccc(F)c1. The van der Waals surface area contributed by atoms with Gasteiger partial charge in [-0.2, -0.15) is 0 Å². The van der Waals surface area contributed by atoms with E-state index in [0.29, 0.717) is 11.1 Å². The second-order valence-electron chi connectivity index (χ2n) is 5.04. The number of aryl methyl sites for hydroxylation is 1. The zero-order chi connectivity index (χ0) is 14.0. The molecule has 100 valence electrons. The van der Waals surface area contributed by atoms with Crippen LogP contribution < -0.4 is 0 Å². The minimum Gasteiger partial charge on any atom is -0.385 e. The number of hydrogen-bond acceptors (Lipinski definition) is 1. The molecule has 19 heavy (non-hydrogen) atoms. The number of hydrogen-bond donors (Lipinski definition) is 1. The summed E-state index contributed by atoms with van der Waals surface area (Å²) < 4.78 is 26.5. The lowest BCUT2D eigenvalue weighted by Gasteiger charge is -2.26. The second-order valence-corrected chi connectivity index (χ2v) is 5.04. The van der Waals surface area contributed by atoms with E-state index in [1.54, 1.807) is 25.1 Å². The molecule has 0 bridgehead atoms. The molecule has 0 spiro atoms.